The van der Waals surface area contributed by atoms with Crippen LogP contribution in [0.1, 0.15) is 23.7 Å². The van der Waals surface area contributed by atoms with Crippen molar-refractivity contribution in [3.8, 4) is 0 Å². The third-order valence-corrected chi connectivity index (χ3v) is 3.45. The van der Waals surface area contributed by atoms with Gasteiger partial charge in [0.2, 0.25) is 0 Å². The number of carbonyl (C=O) groups is 1. The largest absolute Gasteiger partial charge is 0.411 e. The van der Waals surface area contributed by atoms with Crippen LogP contribution in [0.5, 0.6) is 0 Å². The minimum atomic E-state index is -0.554. The third-order valence-electron chi connectivity index (χ3n) is 3.45. The summed E-state index contributed by atoms with van der Waals surface area (Å²) in [7, 11) is 0. The summed E-state index contributed by atoms with van der Waals surface area (Å²) < 4.78 is 0. The molecule has 1 heterocycles. The van der Waals surface area contributed by atoms with E-state index in [1.54, 1.807) is 11.0 Å². The first kappa shape index (κ1) is 14.0. The molecule has 1 unspecified atom stereocenters. The van der Waals surface area contributed by atoms with Gasteiger partial charge >= 0.3 is 0 Å². The smallest absolute Gasteiger partial charge is 0.282 e. The monoisotopic (exact) mass is 277 g/mol. The lowest BCUT2D eigenvalue weighted by Gasteiger charge is -2.31. The summed E-state index contributed by atoms with van der Waals surface area (Å²) in [6.45, 7) is 2.65. The van der Waals surface area contributed by atoms with Crippen LogP contribution in [0.4, 0.5) is 5.69 Å². The standard InChI is InChI=1S/C13H15N3O4/c1-9-8-15(7-6-11(9)14-18)13(17)10-4-2-3-5-12(10)16(19)20/h2-5,9,18H,6-8H2,1H3/b14-11+. The van der Waals surface area contributed by atoms with E-state index in [4.69, 9.17) is 5.21 Å². The molecule has 1 fully saturated rings. The van der Waals surface area contributed by atoms with E-state index in [2.05, 4.69) is 5.16 Å². The predicted molar refractivity (Wildman–Crippen MR) is 72.0 cm³/mol. The molecule has 7 heteroatoms. The molecule has 1 saturated heterocycles. The molecule has 106 valence electrons. The van der Waals surface area contributed by atoms with Gasteiger partial charge in [0.15, 0.2) is 0 Å². The van der Waals surface area contributed by atoms with Crippen molar-refractivity contribution in [2.24, 2.45) is 11.1 Å². The molecule has 1 aromatic carbocycles. The van der Waals surface area contributed by atoms with Crippen LogP contribution < -0.4 is 0 Å². The number of para-hydroxylation sites is 1. The number of benzene rings is 1. The lowest BCUT2D eigenvalue weighted by molar-refractivity contribution is -0.385. The van der Waals surface area contributed by atoms with Crippen molar-refractivity contribution in [2.45, 2.75) is 13.3 Å². The van der Waals surface area contributed by atoms with E-state index in [0.717, 1.165) is 0 Å². The third kappa shape index (κ3) is 2.61. The number of rotatable bonds is 2. The molecule has 1 N–H and O–H groups in total. The molecule has 0 radical (unpaired) electrons. The zero-order valence-electron chi connectivity index (χ0n) is 11.0. The zero-order chi connectivity index (χ0) is 14.7. The Morgan fingerprint density at radius 2 is 2.20 bits per heavy atom. The Morgan fingerprint density at radius 3 is 2.80 bits per heavy atom. The first-order valence-corrected chi connectivity index (χ1v) is 6.28. The quantitative estimate of drug-likeness (QED) is 0.507. The molecule has 1 aromatic rings. The Bertz CT molecular complexity index is 570. The highest BCUT2D eigenvalue weighted by Crippen LogP contribution is 2.22. The van der Waals surface area contributed by atoms with E-state index >= 15 is 0 Å². The predicted octanol–water partition coefficient (Wildman–Crippen LogP) is 1.91. The van der Waals surface area contributed by atoms with Crippen LogP contribution in [0.15, 0.2) is 29.4 Å². The summed E-state index contributed by atoms with van der Waals surface area (Å²) in [5.74, 6) is -0.415. The Hall–Kier alpha value is -2.44. The van der Waals surface area contributed by atoms with Crippen LogP contribution in [-0.2, 0) is 0 Å². The van der Waals surface area contributed by atoms with Gasteiger partial charge in [-0.25, -0.2) is 0 Å². The summed E-state index contributed by atoms with van der Waals surface area (Å²) in [4.78, 5) is 24.3. The second-order valence-electron chi connectivity index (χ2n) is 4.77. The molecule has 0 aromatic heterocycles. The lowest BCUT2D eigenvalue weighted by atomic mass is 9.97. The van der Waals surface area contributed by atoms with Crippen molar-refractivity contribution in [1.82, 2.24) is 4.90 Å². The molecule has 1 aliphatic rings. The van der Waals surface area contributed by atoms with Crippen molar-refractivity contribution < 1.29 is 14.9 Å². The second-order valence-corrected chi connectivity index (χ2v) is 4.77. The molecule has 1 amide bonds. The van der Waals surface area contributed by atoms with Crippen molar-refractivity contribution in [1.29, 1.82) is 0 Å². The first-order valence-electron chi connectivity index (χ1n) is 6.28. The second kappa shape index (κ2) is 5.68. The van der Waals surface area contributed by atoms with Gasteiger partial charge in [-0.05, 0) is 6.07 Å². The number of carbonyl (C=O) groups excluding carboxylic acids is 1. The fourth-order valence-electron chi connectivity index (χ4n) is 2.34. The van der Waals surface area contributed by atoms with Crippen LogP contribution in [0.25, 0.3) is 0 Å². The van der Waals surface area contributed by atoms with Crippen molar-refractivity contribution >= 4 is 17.3 Å². The van der Waals surface area contributed by atoms with E-state index in [1.165, 1.54) is 18.2 Å². The molecular weight excluding hydrogens is 262 g/mol. The van der Waals surface area contributed by atoms with Gasteiger partial charge in [-0.3, -0.25) is 14.9 Å². The molecule has 20 heavy (non-hydrogen) atoms. The van der Waals surface area contributed by atoms with E-state index < -0.39 is 4.92 Å². The molecule has 1 aliphatic heterocycles. The fourth-order valence-corrected chi connectivity index (χ4v) is 2.34. The van der Waals surface area contributed by atoms with Crippen molar-refractivity contribution in [3.63, 3.8) is 0 Å². The van der Waals surface area contributed by atoms with Crippen molar-refractivity contribution in [2.75, 3.05) is 13.1 Å². The number of amides is 1. The molecule has 0 bridgehead atoms. The first-order chi connectivity index (χ1) is 9.54. The number of oxime groups is 1. The van der Waals surface area contributed by atoms with Crippen molar-refractivity contribution in [3.05, 3.63) is 39.9 Å². The van der Waals surface area contributed by atoms with Gasteiger partial charge in [-0.2, -0.15) is 0 Å². The summed E-state index contributed by atoms with van der Waals surface area (Å²) in [5.41, 5.74) is 0.553. The molecule has 0 aliphatic carbocycles. The minimum Gasteiger partial charge on any atom is -0.411 e. The van der Waals surface area contributed by atoms with Gasteiger partial charge in [-0.1, -0.05) is 24.2 Å². The molecule has 1 atom stereocenters. The molecule has 2 rings (SSSR count). The fraction of sp³-hybridized carbons (Fsp3) is 0.385. The SMILES string of the molecule is CC1CN(C(=O)c2ccccc2[N+](=O)[O-])CC/C1=N\O. The van der Waals surface area contributed by atoms with E-state index in [-0.39, 0.29) is 23.1 Å². The average molecular weight is 277 g/mol. The summed E-state index contributed by atoms with van der Waals surface area (Å²) in [6, 6.07) is 5.92. The van der Waals surface area contributed by atoms with Gasteiger partial charge in [0.05, 0.1) is 10.6 Å². The highest BCUT2D eigenvalue weighted by molar-refractivity contribution is 5.99. The molecule has 0 spiro atoms. The molecule has 7 nitrogen and oxygen atoms in total. The highest BCUT2D eigenvalue weighted by atomic mass is 16.6. The number of piperidine rings is 1. The van der Waals surface area contributed by atoms with E-state index in [1.807, 2.05) is 6.92 Å². The van der Waals surface area contributed by atoms with Crippen LogP contribution >= 0.6 is 0 Å². The maximum Gasteiger partial charge on any atom is 0.282 e. The number of nitro groups is 1. The normalized spacial score (nSPS) is 20.9. The lowest BCUT2D eigenvalue weighted by Crippen LogP contribution is -2.43. The van der Waals surface area contributed by atoms with Gasteiger partial charge in [0.1, 0.15) is 5.56 Å². The topological polar surface area (TPSA) is 96.0 Å². The minimum absolute atomic E-state index is 0.0551. The van der Waals surface area contributed by atoms with Crippen LogP contribution in [0.3, 0.4) is 0 Å². The number of hydrogen-bond acceptors (Lipinski definition) is 5. The summed E-state index contributed by atoms with van der Waals surface area (Å²) in [6.07, 6.45) is 0.476. The highest BCUT2D eigenvalue weighted by Gasteiger charge is 2.29. The average Bonchev–Trinajstić information content (AvgIpc) is 2.46. The molecular formula is C13H15N3O4. The number of likely N-dealkylation sites (tertiary alicyclic amines) is 1. The summed E-state index contributed by atoms with van der Waals surface area (Å²) >= 11 is 0. The van der Waals surface area contributed by atoms with Crippen LogP contribution in [-0.4, -0.2) is 39.7 Å². The van der Waals surface area contributed by atoms with Crippen LogP contribution in [0, 0.1) is 16.0 Å². The Morgan fingerprint density at radius 1 is 1.50 bits per heavy atom. The Balaban J connectivity index is 2.23. The van der Waals surface area contributed by atoms with Gasteiger partial charge in [0.25, 0.3) is 11.6 Å². The maximum atomic E-state index is 12.4. The molecule has 0 saturated carbocycles. The Kier molecular flexibility index (Phi) is 3.97. The van der Waals surface area contributed by atoms with E-state index in [0.29, 0.717) is 25.2 Å². The zero-order valence-corrected chi connectivity index (χ0v) is 11.0. The Labute approximate surface area is 115 Å². The van der Waals surface area contributed by atoms with Gasteiger partial charge in [-0.15, -0.1) is 0 Å². The summed E-state index contributed by atoms with van der Waals surface area (Å²) in [5, 5.41) is 23.0. The maximum absolute atomic E-state index is 12.4. The van der Waals surface area contributed by atoms with Gasteiger partial charge < -0.3 is 10.1 Å². The number of nitro benzene ring substituents is 1. The van der Waals surface area contributed by atoms with Gasteiger partial charge in [0, 0.05) is 31.5 Å². The van der Waals surface area contributed by atoms with Crippen LogP contribution in [0.2, 0.25) is 0 Å². The number of hydrogen-bond donors (Lipinski definition) is 1. The van der Waals surface area contributed by atoms with E-state index in [9.17, 15) is 14.9 Å². The number of nitrogens with zero attached hydrogens (tertiary/aromatic N) is 3.